The molecule has 2 fully saturated rings. The summed E-state index contributed by atoms with van der Waals surface area (Å²) in [6, 6.07) is 9.43. The first-order valence-electron chi connectivity index (χ1n) is 8.59. The fraction of sp³-hybridized carbons (Fsp3) is 0.611. The minimum atomic E-state index is -0.695. The molecule has 0 aliphatic carbocycles. The number of aliphatic carboxylic acids is 1. The normalized spacial score (nSPS) is 26.0. The molecule has 1 aromatic rings. The number of benzene rings is 1. The summed E-state index contributed by atoms with van der Waals surface area (Å²) in [5.74, 6) is -0.955. The minimum absolute atomic E-state index is 0.169. The van der Waals surface area contributed by atoms with Crippen LogP contribution >= 0.6 is 0 Å². The van der Waals surface area contributed by atoms with Crippen molar-refractivity contribution >= 4 is 11.7 Å². The summed E-state index contributed by atoms with van der Waals surface area (Å²) in [5, 5.41) is 12.4. The third-order valence-electron chi connectivity index (χ3n) is 5.19. The number of hydrogen-bond donors (Lipinski definition) is 2. The molecule has 5 nitrogen and oxygen atoms in total. The zero-order valence-electron chi connectivity index (χ0n) is 14.0. The van der Waals surface area contributed by atoms with E-state index in [1.807, 2.05) is 0 Å². The van der Waals surface area contributed by atoms with E-state index in [1.54, 1.807) is 0 Å². The van der Waals surface area contributed by atoms with Gasteiger partial charge >= 0.3 is 5.97 Å². The Kier molecular flexibility index (Phi) is 4.87. The average molecular weight is 317 g/mol. The van der Waals surface area contributed by atoms with Crippen LogP contribution in [0.5, 0.6) is 0 Å². The molecule has 2 N–H and O–H groups in total. The standard InChI is InChI=1S/C18H27N3O2/c1-13(2)20-7-9-21(10-8-20)16-5-3-14(4-6-16)17-11-15(12-19-17)18(22)23/h3-6,13,15,17,19H,7-12H2,1-2H3,(H,22,23). The van der Waals surface area contributed by atoms with E-state index in [0.29, 0.717) is 19.0 Å². The Morgan fingerprint density at radius 2 is 1.83 bits per heavy atom. The Hall–Kier alpha value is -1.59. The Bertz CT molecular complexity index is 536. The first kappa shape index (κ1) is 16.3. The van der Waals surface area contributed by atoms with Crippen molar-refractivity contribution in [2.45, 2.75) is 32.4 Å². The molecule has 0 spiro atoms. The van der Waals surface area contributed by atoms with Crippen molar-refractivity contribution in [3.8, 4) is 0 Å². The molecule has 2 aliphatic rings. The Morgan fingerprint density at radius 1 is 1.17 bits per heavy atom. The molecule has 0 saturated carbocycles. The van der Waals surface area contributed by atoms with E-state index in [1.165, 1.54) is 11.3 Å². The van der Waals surface area contributed by atoms with Gasteiger partial charge in [-0.05, 0) is 38.0 Å². The van der Waals surface area contributed by atoms with Crippen LogP contribution in [0.25, 0.3) is 0 Å². The molecule has 0 bridgehead atoms. The summed E-state index contributed by atoms with van der Waals surface area (Å²) in [6.07, 6.45) is 0.682. The van der Waals surface area contributed by atoms with Gasteiger partial charge in [0.05, 0.1) is 5.92 Å². The molecule has 23 heavy (non-hydrogen) atoms. The van der Waals surface area contributed by atoms with Crippen molar-refractivity contribution in [3.63, 3.8) is 0 Å². The molecular formula is C18H27N3O2. The largest absolute Gasteiger partial charge is 0.481 e. The van der Waals surface area contributed by atoms with Crippen LogP contribution in [0.3, 0.4) is 0 Å². The lowest BCUT2D eigenvalue weighted by atomic mass is 10.00. The highest BCUT2D eigenvalue weighted by molar-refractivity contribution is 5.70. The van der Waals surface area contributed by atoms with Gasteiger partial charge < -0.3 is 15.3 Å². The smallest absolute Gasteiger partial charge is 0.307 e. The zero-order chi connectivity index (χ0) is 16.4. The monoisotopic (exact) mass is 317 g/mol. The maximum Gasteiger partial charge on any atom is 0.307 e. The second-order valence-corrected chi connectivity index (χ2v) is 6.94. The maximum absolute atomic E-state index is 11.1. The molecule has 2 unspecified atom stereocenters. The van der Waals surface area contributed by atoms with E-state index in [9.17, 15) is 4.79 Å². The number of hydrogen-bond acceptors (Lipinski definition) is 4. The van der Waals surface area contributed by atoms with E-state index in [4.69, 9.17) is 5.11 Å². The van der Waals surface area contributed by atoms with Gasteiger partial charge in [0.25, 0.3) is 0 Å². The van der Waals surface area contributed by atoms with Gasteiger partial charge in [-0.15, -0.1) is 0 Å². The summed E-state index contributed by atoms with van der Waals surface area (Å²) in [5.41, 5.74) is 2.46. The Balaban J connectivity index is 1.59. The van der Waals surface area contributed by atoms with Gasteiger partial charge in [0.2, 0.25) is 0 Å². The van der Waals surface area contributed by atoms with Gasteiger partial charge in [0.15, 0.2) is 0 Å². The first-order chi connectivity index (χ1) is 11.0. The summed E-state index contributed by atoms with van der Waals surface area (Å²) in [6.45, 7) is 9.44. The number of nitrogens with zero attached hydrogens (tertiary/aromatic N) is 2. The minimum Gasteiger partial charge on any atom is -0.481 e. The van der Waals surface area contributed by atoms with Gasteiger partial charge in [0, 0.05) is 50.5 Å². The zero-order valence-corrected chi connectivity index (χ0v) is 14.0. The average Bonchev–Trinajstić information content (AvgIpc) is 3.05. The molecule has 2 saturated heterocycles. The molecular weight excluding hydrogens is 290 g/mol. The summed E-state index contributed by atoms with van der Waals surface area (Å²) >= 11 is 0. The molecule has 1 aromatic carbocycles. The fourth-order valence-corrected chi connectivity index (χ4v) is 3.59. The maximum atomic E-state index is 11.1. The second-order valence-electron chi connectivity index (χ2n) is 6.94. The molecule has 2 heterocycles. The molecule has 126 valence electrons. The van der Waals surface area contributed by atoms with Crippen LogP contribution in [-0.4, -0.2) is 54.7 Å². The molecule has 2 aliphatic heterocycles. The number of carbonyl (C=O) groups is 1. The number of rotatable bonds is 4. The number of nitrogens with one attached hydrogen (secondary N) is 1. The van der Waals surface area contributed by atoms with Crippen molar-refractivity contribution in [2.75, 3.05) is 37.6 Å². The van der Waals surface area contributed by atoms with Crippen LogP contribution in [0.2, 0.25) is 0 Å². The van der Waals surface area contributed by atoms with Crippen molar-refractivity contribution < 1.29 is 9.90 Å². The van der Waals surface area contributed by atoms with Gasteiger partial charge in [-0.3, -0.25) is 9.69 Å². The Labute approximate surface area is 138 Å². The summed E-state index contributed by atoms with van der Waals surface area (Å²) in [4.78, 5) is 16.0. The topological polar surface area (TPSA) is 55.8 Å². The van der Waals surface area contributed by atoms with Crippen molar-refractivity contribution in [1.82, 2.24) is 10.2 Å². The van der Waals surface area contributed by atoms with Crippen molar-refractivity contribution in [3.05, 3.63) is 29.8 Å². The van der Waals surface area contributed by atoms with E-state index in [2.05, 4.69) is 53.2 Å². The van der Waals surface area contributed by atoms with E-state index in [0.717, 1.165) is 26.2 Å². The number of carboxylic acids is 1. The molecule has 5 heteroatoms. The third kappa shape index (κ3) is 3.67. The predicted molar refractivity (Wildman–Crippen MR) is 91.9 cm³/mol. The van der Waals surface area contributed by atoms with E-state index in [-0.39, 0.29) is 12.0 Å². The van der Waals surface area contributed by atoms with Gasteiger partial charge in [-0.1, -0.05) is 12.1 Å². The SMILES string of the molecule is CC(C)N1CCN(c2ccc(C3CC(C(=O)O)CN3)cc2)CC1. The van der Waals surface area contributed by atoms with Crippen LogP contribution in [0.1, 0.15) is 31.9 Å². The fourth-order valence-electron chi connectivity index (χ4n) is 3.59. The molecule has 0 amide bonds. The lowest BCUT2D eigenvalue weighted by Gasteiger charge is -2.38. The summed E-state index contributed by atoms with van der Waals surface area (Å²) in [7, 11) is 0. The molecule has 0 aromatic heterocycles. The van der Waals surface area contributed by atoms with Crippen LogP contribution < -0.4 is 10.2 Å². The van der Waals surface area contributed by atoms with Gasteiger partial charge in [0.1, 0.15) is 0 Å². The highest BCUT2D eigenvalue weighted by Crippen LogP contribution is 2.29. The lowest BCUT2D eigenvalue weighted by molar-refractivity contribution is -0.141. The van der Waals surface area contributed by atoms with E-state index < -0.39 is 5.97 Å². The predicted octanol–water partition coefficient (Wildman–Crippen LogP) is 1.95. The summed E-state index contributed by atoms with van der Waals surface area (Å²) < 4.78 is 0. The highest BCUT2D eigenvalue weighted by Gasteiger charge is 2.30. The number of carboxylic acid groups (broad SMARTS) is 1. The molecule has 2 atom stereocenters. The van der Waals surface area contributed by atoms with Gasteiger partial charge in [-0.25, -0.2) is 0 Å². The second kappa shape index (κ2) is 6.89. The Morgan fingerprint density at radius 3 is 2.35 bits per heavy atom. The number of anilines is 1. The lowest BCUT2D eigenvalue weighted by Crippen LogP contribution is -2.48. The highest BCUT2D eigenvalue weighted by atomic mass is 16.4. The molecule has 0 radical (unpaired) electrons. The van der Waals surface area contributed by atoms with Crippen molar-refractivity contribution in [1.29, 1.82) is 0 Å². The van der Waals surface area contributed by atoms with Crippen LogP contribution in [0, 0.1) is 5.92 Å². The van der Waals surface area contributed by atoms with Crippen LogP contribution in [0.15, 0.2) is 24.3 Å². The van der Waals surface area contributed by atoms with Gasteiger partial charge in [-0.2, -0.15) is 0 Å². The van der Waals surface area contributed by atoms with Crippen LogP contribution in [-0.2, 0) is 4.79 Å². The van der Waals surface area contributed by atoms with Crippen molar-refractivity contribution in [2.24, 2.45) is 5.92 Å². The quantitative estimate of drug-likeness (QED) is 0.889. The van der Waals surface area contributed by atoms with Crippen LogP contribution in [0.4, 0.5) is 5.69 Å². The van der Waals surface area contributed by atoms with E-state index >= 15 is 0 Å². The molecule has 3 rings (SSSR count). The third-order valence-corrected chi connectivity index (χ3v) is 5.19. The number of piperazine rings is 1. The first-order valence-corrected chi connectivity index (χ1v) is 8.59.